The highest BCUT2D eigenvalue weighted by molar-refractivity contribution is 5.93. The zero-order chi connectivity index (χ0) is 56.7. The number of ketones is 3. The molecule has 4 fully saturated rings. The summed E-state index contributed by atoms with van der Waals surface area (Å²) in [6.45, 7) is 6.00. The van der Waals surface area contributed by atoms with E-state index >= 15 is 0 Å². The number of benzene rings is 5. The predicted octanol–water partition coefficient (Wildman–Crippen LogP) is 7.61. The number of methoxy groups -OCH3 is 1. The van der Waals surface area contributed by atoms with E-state index in [0.29, 0.717) is 11.1 Å². The molecular weight excluding hydrogens is 981 g/mol. The minimum absolute atomic E-state index is 0. The summed E-state index contributed by atoms with van der Waals surface area (Å²) in [6.07, 6.45) is 8.51. The lowest BCUT2D eigenvalue weighted by atomic mass is 9.98. The first-order valence-electron chi connectivity index (χ1n) is 26.1. The monoisotopic (exact) mass is 1070 g/mol. The fourth-order valence-electron chi connectivity index (χ4n) is 8.16. The molecule has 77 heavy (non-hydrogen) atoms. The summed E-state index contributed by atoms with van der Waals surface area (Å²) >= 11 is 0. The van der Waals surface area contributed by atoms with Crippen LogP contribution in [0.1, 0.15) is 157 Å². The minimum Gasteiger partial charge on any atom is -0.497 e. The number of ether oxygens (including phenoxy) is 1. The molecule has 4 aliphatic carbocycles. The van der Waals surface area contributed by atoms with Crippen molar-refractivity contribution >= 4 is 34.1 Å². The van der Waals surface area contributed by atoms with Crippen molar-refractivity contribution < 1.29 is 59.7 Å². The molecule has 4 saturated carbocycles. The van der Waals surface area contributed by atoms with E-state index in [1.165, 1.54) is 13.8 Å². The summed E-state index contributed by atoms with van der Waals surface area (Å²) in [7, 11) is 1.63. The van der Waals surface area contributed by atoms with Gasteiger partial charge in [0.2, 0.25) is 0 Å². The highest BCUT2D eigenvalue weighted by Crippen LogP contribution is 2.25. The van der Waals surface area contributed by atoms with Crippen LogP contribution in [0.15, 0.2) is 127 Å². The SMILES string of the molecule is C.CC(=O)C(O)c1ccccc1.CC(=O)C(O)c1ccccc1.CC(=O)c1ccccc1.COc1ccc2cc([C@H](C)C(=O)O)ccc2c1.NC1CCC(O)C1.NC1CCC(O)C1.N[C@H]1CC[C@@H](O)C1.N[C@H]1CC[C@@H](O)C1. The number of aliphatic hydroxyl groups excluding tert-OH is 6. The van der Waals surface area contributed by atoms with E-state index in [-0.39, 0.29) is 73.4 Å². The Labute approximate surface area is 456 Å². The Morgan fingerprint density at radius 2 is 0.805 bits per heavy atom. The van der Waals surface area contributed by atoms with Crippen LogP contribution in [0.3, 0.4) is 0 Å². The Kier molecular flexibility index (Phi) is 34.1. The molecule has 0 heterocycles. The number of Topliss-reactive ketones (excluding diaryl/α,β-unsaturated/α-hetero) is 3. The molecule has 0 saturated heterocycles. The first-order valence-corrected chi connectivity index (χ1v) is 26.1. The molecule has 426 valence electrons. The van der Waals surface area contributed by atoms with E-state index in [0.717, 1.165) is 105 Å². The molecule has 5 aromatic carbocycles. The van der Waals surface area contributed by atoms with Crippen LogP contribution in [-0.2, 0) is 14.4 Å². The van der Waals surface area contributed by atoms with Crippen LogP contribution in [0, 0.1) is 0 Å². The Bertz CT molecular complexity index is 2260. The second-order valence-corrected chi connectivity index (χ2v) is 19.7. The van der Waals surface area contributed by atoms with E-state index in [1.54, 1.807) is 69.5 Å². The second-order valence-electron chi connectivity index (χ2n) is 19.7. The van der Waals surface area contributed by atoms with Gasteiger partial charge >= 0.3 is 5.97 Å². The molecule has 0 aromatic heterocycles. The summed E-state index contributed by atoms with van der Waals surface area (Å²) < 4.78 is 5.14. The van der Waals surface area contributed by atoms with Crippen molar-refractivity contribution in [1.29, 1.82) is 0 Å². The van der Waals surface area contributed by atoms with Crippen molar-refractivity contribution in [2.45, 2.75) is 179 Å². The number of carboxylic acid groups (broad SMARTS) is 1. The number of carbonyl (C=O) groups excluding carboxylic acids is 3. The van der Waals surface area contributed by atoms with E-state index in [1.807, 2.05) is 78.9 Å². The van der Waals surface area contributed by atoms with E-state index < -0.39 is 24.1 Å². The van der Waals surface area contributed by atoms with Crippen molar-refractivity contribution in [3.05, 3.63) is 150 Å². The number of fused-ring (bicyclic) bond motifs is 1. The lowest BCUT2D eigenvalue weighted by Crippen LogP contribution is -2.15. The van der Waals surface area contributed by atoms with Crippen molar-refractivity contribution in [3.8, 4) is 5.75 Å². The Morgan fingerprint density at radius 1 is 0.481 bits per heavy atom. The van der Waals surface area contributed by atoms with E-state index in [4.69, 9.17) is 53.2 Å². The number of aliphatic hydroxyl groups is 6. The van der Waals surface area contributed by atoms with Crippen molar-refractivity contribution in [3.63, 3.8) is 0 Å². The Hall–Kier alpha value is -5.76. The van der Waals surface area contributed by atoms with Crippen LogP contribution in [0.25, 0.3) is 10.8 Å². The largest absolute Gasteiger partial charge is 0.497 e. The van der Waals surface area contributed by atoms with Crippen LogP contribution in [0.5, 0.6) is 5.75 Å². The maximum absolute atomic E-state index is 10.9. The van der Waals surface area contributed by atoms with Gasteiger partial charge in [-0.3, -0.25) is 19.2 Å². The number of hydrogen-bond donors (Lipinski definition) is 11. The highest BCUT2D eigenvalue weighted by Gasteiger charge is 2.21. The third kappa shape index (κ3) is 29.0. The topological polar surface area (TPSA) is 323 Å². The quantitative estimate of drug-likeness (QED) is 0.0666. The Balaban J connectivity index is 0.000000449. The lowest BCUT2D eigenvalue weighted by Gasteiger charge is -2.08. The van der Waals surface area contributed by atoms with Gasteiger partial charge in [-0.15, -0.1) is 0 Å². The molecular formula is C61H90N4O12. The van der Waals surface area contributed by atoms with Crippen molar-refractivity contribution in [1.82, 2.24) is 0 Å². The van der Waals surface area contributed by atoms with Crippen LogP contribution in [-0.4, -0.2) is 115 Å². The molecule has 16 heteroatoms. The summed E-state index contributed by atoms with van der Waals surface area (Å²) in [4.78, 5) is 42.9. The number of carboxylic acids is 1. The molecule has 9 rings (SSSR count). The third-order valence-electron chi connectivity index (χ3n) is 12.9. The maximum Gasteiger partial charge on any atom is 0.310 e. The molecule has 6 unspecified atom stereocenters. The fourth-order valence-corrected chi connectivity index (χ4v) is 8.16. The number of hydrogen-bond acceptors (Lipinski definition) is 15. The molecule has 16 nitrogen and oxygen atoms in total. The molecule has 0 aliphatic heterocycles. The minimum atomic E-state index is -0.962. The van der Waals surface area contributed by atoms with Crippen molar-refractivity contribution in [2.75, 3.05) is 7.11 Å². The van der Waals surface area contributed by atoms with Gasteiger partial charge in [0.15, 0.2) is 17.3 Å². The van der Waals surface area contributed by atoms with Gasteiger partial charge < -0.3 is 63.4 Å². The third-order valence-corrected chi connectivity index (χ3v) is 12.9. The fraction of sp³-hybridized carbons (Fsp3) is 0.475. The average molecular weight is 1070 g/mol. The van der Waals surface area contributed by atoms with Gasteiger partial charge in [0.05, 0.1) is 37.4 Å². The van der Waals surface area contributed by atoms with Crippen LogP contribution in [0.2, 0.25) is 0 Å². The molecule has 15 N–H and O–H groups in total. The van der Waals surface area contributed by atoms with Crippen LogP contribution < -0.4 is 27.7 Å². The molecule has 0 radical (unpaired) electrons. The number of aliphatic carboxylic acids is 1. The summed E-state index contributed by atoms with van der Waals surface area (Å²) in [5.41, 5.74) is 24.8. The predicted molar refractivity (Wildman–Crippen MR) is 305 cm³/mol. The van der Waals surface area contributed by atoms with E-state index in [9.17, 15) is 29.4 Å². The molecule has 5 aromatic rings. The van der Waals surface area contributed by atoms with E-state index in [2.05, 4.69) is 0 Å². The maximum atomic E-state index is 10.9. The van der Waals surface area contributed by atoms with Gasteiger partial charge in [0.25, 0.3) is 0 Å². The Morgan fingerprint density at radius 3 is 1.05 bits per heavy atom. The smallest absolute Gasteiger partial charge is 0.310 e. The van der Waals surface area contributed by atoms with Crippen LogP contribution in [0.4, 0.5) is 0 Å². The average Bonchev–Trinajstić information content (AvgIpc) is 4.22. The molecule has 0 bridgehead atoms. The van der Waals surface area contributed by atoms with Crippen LogP contribution >= 0.6 is 0 Å². The number of carbonyl (C=O) groups is 4. The number of nitrogens with two attached hydrogens (primary N) is 4. The number of rotatable bonds is 8. The first kappa shape index (κ1) is 69.3. The standard InChI is InChI=1S/C14H14O3.2C9H10O2.C8H8O.4C5H11NO.CH4/c1-9(14(15)16)10-3-4-12-8-13(17-2)6-5-11(12)7-10;2*1-7(10)9(11)8-5-3-2-4-6-8;1-7(9)8-5-3-2-4-6-8;4*6-4-1-2-5(7)3-4;/h3-9H,1-2H3,(H,15,16);2*2-6,9,11H,1H3;2-6H,1H3;4*4-5,7H,1-3,6H2;1H4/t9-;;;;2*4-,5+;;;/m0...00.../s1. The molecule has 4 aliphatic rings. The highest BCUT2D eigenvalue weighted by atomic mass is 16.5. The van der Waals surface area contributed by atoms with Gasteiger partial charge in [-0.25, -0.2) is 0 Å². The van der Waals surface area contributed by atoms with Gasteiger partial charge in [-0.1, -0.05) is 123 Å². The zero-order valence-corrected chi connectivity index (χ0v) is 44.9. The lowest BCUT2D eigenvalue weighted by molar-refractivity contribution is -0.138. The summed E-state index contributed by atoms with van der Waals surface area (Å²) in [5, 5.41) is 64.8. The van der Waals surface area contributed by atoms with Gasteiger partial charge in [0.1, 0.15) is 18.0 Å². The molecule has 0 amide bonds. The van der Waals surface area contributed by atoms with Crippen molar-refractivity contribution in [2.24, 2.45) is 22.9 Å². The second kappa shape index (κ2) is 37.9. The van der Waals surface area contributed by atoms with Gasteiger partial charge in [-0.05, 0) is 144 Å². The summed E-state index contributed by atoms with van der Waals surface area (Å²) in [6, 6.07) is 39.5. The summed E-state index contributed by atoms with van der Waals surface area (Å²) in [5.74, 6) is -0.820. The molecule has 11 atom stereocenters. The van der Waals surface area contributed by atoms with Gasteiger partial charge in [0, 0.05) is 29.7 Å². The van der Waals surface area contributed by atoms with Gasteiger partial charge in [-0.2, -0.15) is 0 Å². The zero-order valence-electron chi connectivity index (χ0n) is 44.9. The first-order chi connectivity index (χ1) is 36.0. The molecule has 0 spiro atoms. The normalized spacial score (nSPS) is 22.6.